The van der Waals surface area contributed by atoms with E-state index in [1.54, 1.807) is 6.92 Å². The van der Waals surface area contributed by atoms with Crippen LogP contribution >= 0.6 is 0 Å². The fourth-order valence-corrected chi connectivity index (χ4v) is 3.77. The fraction of sp³-hybridized carbons (Fsp3) is 0.286. The van der Waals surface area contributed by atoms with Crippen molar-refractivity contribution in [1.82, 2.24) is 0 Å². The monoisotopic (exact) mass is 351 g/mol. The number of fused-ring (bicyclic) bond motifs is 3. The van der Waals surface area contributed by atoms with E-state index in [4.69, 9.17) is 4.42 Å². The Balaban J connectivity index is 1.76. The minimum absolute atomic E-state index is 0.0103. The van der Waals surface area contributed by atoms with Crippen LogP contribution < -0.4 is 4.90 Å². The van der Waals surface area contributed by atoms with E-state index in [9.17, 15) is 15.0 Å². The second kappa shape index (κ2) is 5.80. The first-order chi connectivity index (χ1) is 12.4. The summed E-state index contributed by atoms with van der Waals surface area (Å²) in [6.45, 7) is 1.67. The van der Waals surface area contributed by atoms with E-state index in [1.807, 2.05) is 31.1 Å². The highest BCUT2D eigenvalue weighted by Crippen LogP contribution is 2.43. The Hall–Kier alpha value is -2.95. The van der Waals surface area contributed by atoms with E-state index in [2.05, 4.69) is 12.1 Å². The molecule has 0 spiro atoms. The van der Waals surface area contributed by atoms with Crippen LogP contribution in [0.4, 0.5) is 5.69 Å². The molecule has 2 aromatic carbocycles. The lowest BCUT2D eigenvalue weighted by Crippen LogP contribution is -2.17. The molecular formula is C21H21NO4. The average Bonchev–Trinajstić information content (AvgIpc) is 2.99. The van der Waals surface area contributed by atoms with Gasteiger partial charge in [-0.1, -0.05) is 12.1 Å². The van der Waals surface area contributed by atoms with Crippen LogP contribution in [0.2, 0.25) is 0 Å². The van der Waals surface area contributed by atoms with Gasteiger partial charge < -0.3 is 19.5 Å². The zero-order valence-corrected chi connectivity index (χ0v) is 15.0. The van der Waals surface area contributed by atoms with Crippen LogP contribution in [0.3, 0.4) is 0 Å². The van der Waals surface area contributed by atoms with Crippen LogP contribution in [0.25, 0.3) is 11.0 Å². The lowest BCUT2D eigenvalue weighted by atomic mass is 9.82. The van der Waals surface area contributed by atoms with Gasteiger partial charge in [-0.05, 0) is 36.6 Å². The first-order valence-corrected chi connectivity index (χ1v) is 8.64. The largest absolute Gasteiger partial charge is 0.504 e. The van der Waals surface area contributed by atoms with Gasteiger partial charge in [0.1, 0.15) is 11.3 Å². The summed E-state index contributed by atoms with van der Waals surface area (Å²) in [5.74, 6) is 0.274. The van der Waals surface area contributed by atoms with Gasteiger partial charge in [0.25, 0.3) is 0 Å². The molecule has 0 aliphatic heterocycles. The molecule has 2 N–H and O–H groups in total. The van der Waals surface area contributed by atoms with Gasteiger partial charge >= 0.3 is 0 Å². The standard InChI is InChI=1S/C21H21NO4/c1-11-20(25)17(24)10-15-19-16(23)8-13(9-18(19)26-21(11)15)12-4-6-14(7-5-12)22(2)3/h4-7,10,13,24-25H,8-9H2,1-3H3. The summed E-state index contributed by atoms with van der Waals surface area (Å²) < 4.78 is 5.94. The van der Waals surface area contributed by atoms with Crippen LogP contribution in [0, 0.1) is 6.92 Å². The number of ketones is 1. The SMILES string of the molecule is Cc1c(O)c(O)cc2c3c(oc12)CC(c1ccc(N(C)C)cc1)CC3=O. The summed E-state index contributed by atoms with van der Waals surface area (Å²) in [5, 5.41) is 20.4. The smallest absolute Gasteiger partial charge is 0.167 e. The lowest BCUT2D eigenvalue weighted by Gasteiger charge is -2.21. The minimum Gasteiger partial charge on any atom is -0.504 e. The molecule has 3 aromatic rings. The van der Waals surface area contributed by atoms with E-state index in [-0.39, 0.29) is 23.2 Å². The summed E-state index contributed by atoms with van der Waals surface area (Å²) in [4.78, 5) is 14.9. The molecule has 4 rings (SSSR count). The van der Waals surface area contributed by atoms with E-state index in [1.165, 1.54) is 6.07 Å². The summed E-state index contributed by atoms with van der Waals surface area (Å²) >= 11 is 0. The number of carbonyl (C=O) groups is 1. The zero-order chi connectivity index (χ0) is 18.6. The van der Waals surface area contributed by atoms with Crippen LogP contribution in [-0.2, 0) is 6.42 Å². The van der Waals surface area contributed by atoms with Gasteiger partial charge in [-0.15, -0.1) is 0 Å². The quantitative estimate of drug-likeness (QED) is 0.679. The number of benzene rings is 2. The Morgan fingerprint density at radius 1 is 1.12 bits per heavy atom. The molecule has 1 atom stereocenters. The number of phenols is 2. The van der Waals surface area contributed by atoms with Gasteiger partial charge in [0, 0.05) is 43.6 Å². The molecule has 0 saturated carbocycles. The fourth-order valence-electron chi connectivity index (χ4n) is 3.77. The number of phenolic OH excluding ortho intramolecular Hbond substituents is 2. The first-order valence-electron chi connectivity index (χ1n) is 8.64. The molecule has 1 aromatic heterocycles. The molecule has 1 unspecified atom stereocenters. The Morgan fingerprint density at radius 3 is 2.46 bits per heavy atom. The molecule has 134 valence electrons. The second-order valence-electron chi connectivity index (χ2n) is 7.16. The van der Waals surface area contributed by atoms with Crippen LogP contribution in [0.1, 0.15) is 39.6 Å². The molecule has 1 heterocycles. The predicted molar refractivity (Wildman–Crippen MR) is 100 cm³/mol. The first kappa shape index (κ1) is 16.5. The molecule has 0 radical (unpaired) electrons. The van der Waals surface area contributed by atoms with Gasteiger partial charge in [0.15, 0.2) is 17.3 Å². The number of nitrogens with zero attached hydrogens (tertiary/aromatic N) is 1. The van der Waals surface area contributed by atoms with Crippen molar-refractivity contribution in [3.8, 4) is 11.5 Å². The molecule has 1 aliphatic carbocycles. The second-order valence-corrected chi connectivity index (χ2v) is 7.16. The van der Waals surface area contributed by atoms with Crippen molar-refractivity contribution in [2.75, 3.05) is 19.0 Å². The normalized spacial score (nSPS) is 16.7. The zero-order valence-electron chi connectivity index (χ0n) is 15.0. The number of hydrogen-bond donors (Lipinski definition) is 2. The Bertz CT molecular complexity index is 1010. The van der Waals surface area contributed by atoms with Gasteiger partial charge in [0.05, 0.1) is 5.56 Å². The highest BCUT2D eigenvalue weighted by atomic mass is 16.3. The van der Waals surface area contributed by atoms with Crippen LogP contribution in [-0.4, -0.2) is 30.1 Å². The van der Waals surface area contributed by atoms with Gasteiger partial charge in [-0.25, -0.2) is 0 Å². The van der Waals surface area contributed by atoms with E-state index in [0.717, 1.165) is 11.3 Å². The third-order valence-electron chi connectivity index (χ3n) is 5.26. The Kier molecular flexibility index (Phi) is 3.68. The molecule has 0 amide bonds. The number of anilines is 1. The Morgan fingerprint density at radius 2 is 1.81 bits per heavy atom. The molecule has 26 heavy (non-hydrogen) atoms. The predicted octanol–water partition coefficient (Wildman–Crippen LogP) is 4.13. The number of Topliss-reactive ketones (excluding diaryl/α,β-unsaturated/α-hetero) is 1. The number of aromatic hydroxyl groups is 2. The minimum atomic E-state index is -0.229. The molecule has 1 aliphatic rings. The van der Waals surface area contributed by atoms with Crippen molar-refractivity contribution < 1.29 is 19.4 Å². The third kappa shape index (κ3) is 2.43. The molecule has 5 heteroatoms. The van der Waals surface area contributed by atoms with Crippen molar-refractivity contribution in [2.24, 2.45) is 0 Å². The number of aryl methyl sites for hydroxylation is 1. The van der Waals surface area contributed by atoms with Crippen molar-refractivity contribution in [3.63, 3.8) is 0 Å². The summed E-state index contributed by atoms with van der Waals surface area (Å²) in [6, 6.07) is 9.64. The maximum absolute atomic E-state index is 12.8. The molecular weight excluding hydrogens is 330 g/mol. The average molecular weight is 351 g/mol. The number of carbonyl (C=O) groups excluding carboxylic acids is 1. The Labute approximate surface area is 151 Å². The maximum atomic E-state index is 12.8. The highest BCUT2D eigenvalue weighted by Gasteiger charge is 2.32. The maximum Gasteiger partial charge on any atom is 0.167 e. The molecule has 0 bridgehead atoms. The topological polar surface area (TPSA) is 73.9 Å². The number of hydrogen-bond acceptors (Lipinski definition) is 5. The van der Waals surface area contributed by atoms with Crippen molar-refractivity contribution in [3.05, 3.63) is 52.8 Å². The van der Waals surface area contributed by atoms with Gasteiger partial charge in [-0.2, -0.15) is 0 Å². The third-order valence-corrected chi connectivity index (χ3v) is 5.26. The summed E-state index contributed by atoms with van der Waals surface area (Å²) in [5.41, 5.74) is 3.69. The van der Waals surface area contributed by atoms with Crippen molar-refractivity contribution in [2.45, 2.75) is 25.7 Å². The molecule has 5 nitrogen and oxygen atoms in total. The van der Waals surface area contributed by atoms with Crippen molar-refractivity contribution >= 4 is 22.4 Å². The number of furan rings is 1. The molecule has 0 fully saturated rings. The number of rotatable bonds is 2. The van der Waals surface area contributed by atoms with Crippen LogP contribution in [0.5, 0.6) is 11.5 Å². The van der Waals surface area contributed by atoms with Gasteiger partial charge in [-0.3, -0.25) is 4.79 Å². The van der Waals surface area contributed by atoms with Crippen LogP contribution in [0.15, 0.2) is 34.7 Å². The lowest BCUT2D eigenvalue weighted by molar-refractivity contribution is 0.0962. The summed E-state index contributed by atoms with van der Waals surface area (Å²) in [6.07, 6.45) is 1.03. The van der Waals surface area contributed by atoms with E-state index >= 15 is 0 Å². The van der Waals surface area contributed by atoms with Crippen molar-refractivity contribution in [1.29, 1.82) is 0 Å². The van der Waals surface area contributed by atoms with E-state index < -0.39 is 0 Å². The van der Waals surface area contributed by atoms with Gasteiger partial charge in [0.2, 0.25) is 0 Å². The molecule has 0 saturated heterocycles. The highest BCUT2D eigenvalue weighted by molar-refractivity contribution is 6.10. The summed E-state index contributed by atoms with van der Waals surface area (Å²) in [7, 11) is 3.99. The van der Waals surface area contributed by atoms with E-state index in [0.29, 0.717) is 40.7 Å².